The lowest BCUT2D eigenvalue weighted by Crippen LogP contribution is -2.47. The number of carboxylic acids is 1. The zero-order valence-corrected chi connectivity index (χ0v) is 9.71. The Morgan fingerprint density at radius 2 is 2.00 bits per heavy atom. The summed E-state index contributed by atoms with van der Waals surface area (Å²) in [6.07, 6.45) is -4.68. The highest BCUT2D eigenvalue weighted by Gasteiger charge is 2.28. The highest BCUT2D eigenvalue weighted by Crippen LogP contribution is 2.23. The number of aliphatic carboxylic acids is 1. The third-order valence-corrected chi connectivity index (χ3v) is 2.31. The van der Waals surface area contributed by atoms with Gasteiger partial charge in [0.25, 0.3) is 0 Å². The number of anilines is 1. The second kappa shape index (κ2) is 5.70. The number of halogens is 3. The molecule has 4 N–H and O–H groups in total. The van der Waals surface area contributed by atoms with E-state index in [1.807, 2.05) is 18.2 Å². The molecule has 0 aliphatic carbocycles. The van der Waals surface area contributed by atoms with Crippen LogP contribution in [0.4, 0.5) is 18.9 Å². The molecular weight excluding hydrogens is 265 g/mol. The highest BCUT2D eigenvalue weighted by molar-refractivity contribution is 5.99. The lowest BCUT2D eigenvalue weighted by atomic mass is 10.1. The van der Waals surface area contributed by atoms with Crippen LogP contribution in [-0.2, 0) is 22.6 Å². The van der Waals surface area contributed by atoms with Crippen LogP contribution < -0.4 is 16.2 Å². The van der Waals surface area contributed by atoms with E-state index in [1.54, 1.807) is 0 Å². The first-order chi connectivity index (χ1) is 8.74. The minimum absolute atomic E-state index is 0.0891. The maximum atomic E-state index is 11.0. The van der Waals surface area contributed by atoms with Crippen molar-refractivity contribution in [2.75, 3.05) is 5.32 Å². The predicted molar refractivity (Wildman–Crippen MR) is 56.4 cm³/mol. The molecule has 2 rings (SSSR count). The zero-order valence-electron chi connectivity index (χ0n) is 9.71. The van der Waals surface area contributed by atoms with E-state index in [4.69, 9.17) is 9.90 Å². The van der Waals surface area contributed by atoms with Crippen molar-refractivity contribution >= 4 is 17.6 Å². The normalized spacial score (nSPS) is 13.2. The van der Waals surface area contributed by atoms with E-state index < -0.39 is 12.1 Å². The molecule has 1 amide bonds. The molecule has 0 unspecified atom stereocenters. The average Bonchev–Trinajstić information content (AvgIpc) is 2.67. The van der Waals surface area contributed by atoms with Gasteiger partial charge in [-0.05, 0) is 17.7 Å². The summed E-state index contributed by atoms with van der Waals surface area (Å²) >= 11 is 0. The van der Waals surface area contributed by atoms with Crippen molar-refractivity contribution in [1.82, 2.24) is 0 Å². The lowest BCUT2D eigenvalue weighted by Gasteiger charge is -2.03. The van der Waals surface area contributed by atoms with Crippen LogP contribution in [0.15, 0.2) is 18.2 Å². The fraction of sp³-hybridized carbons (Fsp3) is 0.273. The first-order valence-electron chi connectivity index (χ1n) is 5.23. The Morgan fingerprint density at radius 1 is 1.42 bits per heavy atom. The van der Waals surface area contributed by atoms with Crippen LogP contribution in [0.25, 0.3) is 0 Å². The van der Waals surface area contributed by atoms with Crippen LogP contribution in [0.1, 0.15) is 11.1 Å². The smallest absolute Gasteiger partial charge is 0.430 e. The number of carbonyl (C=O) groups excluding carboxylic acids is 2. The zero-order chi connectivity index (χ0) is 14.6. The second-order valence-corrected chi connectivity index (χ2v) is 3.75. The number of carbonyl (C=O) groups is 2. The largest absolute Gasteiger partial charge is 0.542 e. The van der Waals surface area contributed by atoms with E-state index in [0.29, 0.717) is 6.42 Å². The molecule has 0 saturated carbocycles. The molecule has 0 fully saturated rings. The monoisotopic (exact) mass is 276 g/mol. The van der Waals surface area contributed by atoms with Gasteiger partial charge in [-0.3, -0.25) is 4.79 Å². The van der Waals surface area contributed by atoms with Gasteiger partial charge in [-0.15, -0.1) is 0 Å². The molecule has 19 heavy (non-hydrogen) atoms. The molecule has 0 bridgehead atoms. The van der Waals surface area contributed by atoms with Crippen LogP contribution in [0, 0.1) is 0 Å². The molecule has 0 spiro atoms. The number of fused-ring (bicyclic) bond motifs is 1. The molecule has 1 aromatic carbocycles. The maximum absolute atomic E-state index is 11.0. The van der Waals surface area contributed by atoms with Gasteiger partial charge in [0, 0.05) is 11.3 Å². The highest BCUT2D eigenvalue weighted by atomic mass is 19.4. The molecule has 5 nitrogen and oxygen atoms in total. The summed E-state index contributed by atoms with van der Waals surface area (Å²) in [7, 11) is 0. The van der Waals surface area contributed by atoms with E-state index >= 15 is 0 Å². The summed E-state index contributed by atoms with van der Waals surface area (Å²) in [6.45, 7) is 0.779. The number of quaternary nitrogens is 1. The molecule has 0 saturated heterocycles. The topological polar surface area (TPSA) is 96.9 Å². The van der Waals surface area contributed by atoms with Gasteiger partial charge in [0.1, 0.15) is 5.97 Å². The van der Waals surface area contributed by atoms with Gasteiger partial charge >= 0.3 is 6.18 Å². The first-order valence-corrected chi connectivity index (χ1v) is 5.23. The van der Waals surface area contributed by atoms with Gasteiger partial charge in [-0.2, -0.15) is 13.2 Å². The summed E-state index contributed by atoms with van der Waals surface area (Å²) in [5, 5.41) is 11.6. The van der Waals surface area contributed by atoms with Crippen LogP contribution in [0.2, 0.25) is 0 Å². The third-order valence-electron chi connectivity index (χ3n) is 2.31. The quantitative estimate of drug-likeness (QED) is 0.704. The average molecular weight is 276 g/mol. The molecule has 104 valence electrons. The van der Waals surface area contributed by atoms with Crippen molar-refractivity contribution in [2.24, 2.45) is 0 Å². The maximum Gasteiger partial charge on any atom is 0.430 e. The minimum atomic E-state index is -5.19. The van der Waals surface area contributed by atoms with Crippen molar-refractivity contribution in [3.63, 3.8) is 0 Å². The SMILES string of the molecule is O=C([O-])C(F)(F)F.[NH3+]Cc1ccc2c(c1)CC(=O)N2. The Kier molecular flexibility index (Phi) is 4.49. The Labute approximate surface area is 106 Å². The van der Waals surface area contributed by atoms with Gasteiger partial charge < -0.3 is 21.0 Å². The van der Waals surface area contributed by atoms with Crippen molar-refractivity contribution in [3.8, 4) is 0 Å². The van der Waals surface area contributed by atoms with Gasteiger partial charge in [-0.25, -0.2) is 0 Å². The Bertz CT molecular complexity index is 500. The summed E-state index contributed by atoms with van der Waals surface area (Å²) in [5.41, 5.74) is 7.03. The number of amides is 1. The van der Waals surface area contributed by atoms with E-state index in [9.17, 15) is 18.0 Å². The molecule has 0 atom stereocenters. The molecule has 1 aromatic rings. The fourth-order valence-corrected chi connectivity index (χ4v) is 1.44. The number of hydrogen-bond acceptors (Lipinski definition) is 3. The first kappa shape index (κ1) is 15.0. The fourth-order valence-electron chi connectivity index (χ4n) is 1.44. The lowest BCUT2D eigenvalue weighted by molar-refractivity contribution is -0.386. The second-order valence-electron chi connectivity index (χ2n) is 3.75. The molecule has 1 heterocycles. The number of rotatable bonds is 1. The van der Waals surface area contributed by atoms with E-state index in [-0.39, 0.29) is 5.91 Å². The Morgan fingerprint density at radius 3 is 2.47 bits per heavy atom. The number of carboxylic acid groups (broad SMARTS) is 1. The predicted octanol–water partition coefficient (Wildman–Crippen LogP) is -0.778. The van der Waals surface area contributed by atoms with E-state index in [0.717, 1.165) is 17.8 Å². The van der Waals surface area contributed by atoms with Crippen LogP contribution in [-0.4, -0.2) is 18.1 Å². The molecule has 8 heteroatoms. The number of hydrogen-bond donors (Lipinski definition) is 2. The van der Waals surface area contributed by atoms with Crippen LogP contribution in [0.3, 0.4) is 0 Å². The molecular formula is C11H11F3N2O3. The summed E-state index contributed by atoms with van der Waals surface area (Å²) in [4.78, 5) is 19.8. The van der Waals surface area contributed by atoms with Crippen molar-refractivity contribution in [3.05, 3.63) is 29.3 Å². The van der Waals surface area contributed by atoms with Crippen molar-refractivity contribution in [2.45, 2.75) is 19.1 Å². The van der Waals surface area contributed by atoms with Gasteiger partial charge in [0.2, 0.25) is 5.91 Å². The summed E-state index contributed by atoms with van der Waals surface area (Å²) in [6, 6.07) is 5.98. The number of nitrogens with one attached hydrogen (secondary N) is 1. The van der Waals surface area contributed by atoms with E-state index in [1.165, 1.54) is 5.56 Å². The van der Waals surface area contributed by atoms with Crippen LogP contribution >= 0.6 is 0 Å². The number of alkyl halides is 3. The standard InChI is InChI=1S/C9H10N2O.C2HF3O2/c10-5-6-1-2-8-7(3-6)4-9(12)11-8;3-2(4,5)1(6)7/h1-3H,4-5,10H2,(H,11,12);(H,6,7). The Balaban J connectivity index is 0.000000224. The Hall–Kier alpha value is -2.09. The van der Waals surface area contributed by atoms with E-state index in [2.05, 4.69) is 11.1 Å². The van der Waals surface area contributed by atoms with Crippen molar-refractivity contribution in [1.29, 1.82) is 0 Å². The molecule has 1 aliphatic rings. The van der Waals surface area contributed by atoms with Crippen LogP contribution in [0.5, 0.6) is 0 Å². The molecule has 0 aromatic heterocycles. The number of benzene rings is 1. The van der Waals surface area contributed by atoms with Gasteiger partial charge in [0.05, 0.1) is 13.0 Å². The molecule has 1 aliphatic heterocycles. The minimum Gasteiger partial charge on any atom is -0.542 e. The third kappa shape index (κ3) is 4.25. The van der Waals surface area contributed by atoms with Gasteiger partial charge in [-0.1, -0.05) is 6.07 Å². The molecule has 0 radical (unpaired) electrons. The summed E-state index contributed by atoms with van der Waals surface area (Å²) in [5.74, 6) is -2.92. The van der Waals surface area contributed by atoms with Gasteiger partial charge in [0.15, 0.2) is 0 Å². The van der Waals surface area contributed by atoms with Crippen molar-refractivity contribution < 1.29 is 33.6 Å². The summed E-state index contributed by atoms with van der Waals surface area (Å²) < 4.78 is 31.5.